The molecule has 2 aromatic rings. The number of carbonyl (C=O) groups is 3. The van der Waals surface area contributed by atoms with Gasteiger partial charge in [-0.05, 0) is 41.5 Å². The maximum Gasteiger partial charge on any atom is 0.407 e. The van der Waals surface area contributed by atoms with Crippen molar-refractivity contribution in [2.24, 2.45) is 5.92 Å². The number of hydrogen-bond acceptors (Lipinski definition) is 5. The van der Waals surface area contributed by atoms with Crippen molar-refractivity contribution in [3.63, 3.8) is 0 Å². The summed E-state index contributed by atoms with van der Waals surface area (Å²) >= 11 is 0. The van der Waals surface area contributed by atoms with E-state index in [-0.39, 0.29) is 50.3 Å². The number of rotatable bonds is 8. The minimum absolute atomic E-state index is 0.00107. The highest BCUT2D eigenvalue weighted by molar-refractivity contribution is 5.81. The quantitative estimate of drug-likeness (QED) is 0.582. The number of ether oxygens (including phenoxy) is 2. The van der Waals surface area contributed by atoms with Crippen LogP contribution in [0.2, 0.25) is 0 Å². The number of aliphatic carboxylic acids is 1. The van der Waals surface area contributed by atoms with Crippen molar-refractivity contribution in [3.8, 4) is 11.1 Å². The Labute approximate surface area is 197 Å². The van der Waals surface area contributed by atoms with E-state index >= 15 is 0 Å². The van der Waals surface area contributed by atoms with Gasteiger partial charge in [0.2, 0.25) is 5.91 Å². The van der Waals surface area contributed by atoms with E-state index in [0.717, 1.165) is 24.0 Å². The molecule has 5 rings (SSSR count). The highest BCUT2D eigenvalue weighted by Gasteiger charge is 2.51. The molecule has 3 atom stereocenters. The van der Waals surface area contributed by atoms with Gasteiger partial charge in [0.1, 0.15) is 13.2 Å². The summed E-state index contributed by atoms with van der Waals surface area (Å²) in [5.41, 5.74) is 4.65. The molecule has 0 aromatic heterocycles. The Morgan fingerprint density at radius 1 is 1.00 bits per heavy atom. The smallest absolute Gasteiger partial charge is 0.407 e. The highest BCUT2D eigenvalue weighted by atomic mass is 16.5. The lowest BCUT2D eigenvalue weighted by Crippen LogP contribution is -2.40. The van der Waals surface area contributed by atoms with Crippen molar-refractivity contribution in [2.75, 3.05) is 26.4 Å². The lowest BCUT2D eigenvalue weighted by atomic mass is 9.89. The second-order valence-electron chi connectivity index (χ2n) is 9.08. The van der Waals surface area contributed by atoms with Gasteiger partial charge in [0.25, 0.3) is 0 Å². The van der Waals surface area contributed by atoms with Crippen LogP contribution in [-0.4, -0.2) is 66.4 Å². The van der Waals surface area contributed by atoms with Crippen molar-refractivity contribution >= 4 is 18.0 Å². The molecule has 178 valence electrons. The molecule has 2 bridgehead atoms. The first-order valence-corrected chi connectivity index (χ1v) is 11.7. The van der Waals surface area contributed by atoms with Crippen LogP contribution in [0.15, 0.2) is 48.5 Å². The number of benzene rings is 2. The van der Waals surface area contributed by atoms with Gasteiger partial charge >= 0.3 is 12.1 Å². The van der Waals surface area contributed by atoms with Gasteiger partial charge < -0.3 is 24.8 Å². The Kier molecular flexibility index (Phi) is 6.24. The number of fused-ring (bicyclic) bond motifs is 5. The Morgan fingerprint density at radius 2 is 1.68 bits per heavy atom. The molecule has 0 radical (unpaired) electrons. The van der Waals surface area contributed by atoms with Crippen molar-refractivity contribution < 1.29 is 29.0 Å². The maximum absolute atomic E-state index is 12.5. The molecular weight excluding hydrogens is 436 g/mol. The largest absolute Gasteiger partial charge is 0.481 e. The van der Waals surface area contributed by atoms with Crippen molar-refractivity contribution in [1.29, 1.82) is 0 Å². The van der Waals surface area contributed by atoms with Crippen molar-refractivity contribution in [3.05, 3.63) is 59.7 Å². The number of hydrogen-bond donors (Lipinski definition) is 2. The maximum atomic E-state index is 12.5. The van der Waals surface area contributed by atoms with Gasteiger partial charge in [0.05, 0.1) is 12.5 Å². The van der Waals surface area contributed by atoms with E-state index in [4.69, 9.17) is 9.47 Å². The lowest BCUT2D eigenvalue weighted by Gasteiger charge is -2.23. The lowest BCUT2D eigenvalue weighted by molar-refractivity contribution is -0.143. The molecule has 2 amide bonds. The molecule has 3 aliphatic rings. The fraction of sp³-hybridized carbons (Fsp3) is 0.423. The van der Waals surface area contributed by atoms with Crippen LogP contribution in [0.1, 0.15) is 36.3 Å². The zero-order chi connectivity index (χ0) is 23.7. The van der Waals surface area contributed by atoms with E-state index in [0.29, 0.717) is 6.42 Å². The molecule has 2 N–H and O–H groups in total. The van der Waals surface area contributed by atoms with Crippen molar-refractivity contribution in [2.45, 2.75) is 37.3 Å². The molecule has 2 aliphatic heterocycles. The van der Waals surface area contributed by atoms with E-state index < -0.39 is 18.0 Å². The van der Waals surface area contributed by atoms with Crippen LogP contribution < -0.4 is 5.32 Å². The number of carboxylic acids is 1. The molecule has 2 fully saturated rings. The van der Waals surface area contributed by atoms with Crippen LogP contribution in [0.5, 0.6) is 0 Å². The fourth-order valence-electron chi connectivity index (χ4n) is 5.75. The van der Waals surface area contributed by atoms with Crippen LogP contribution in [0.25, 0.3) is 11.1 Å². The standard InChI is InChI=1S/C26H28N2O6/c29-24(28-16-9-10-23(28)21(13-16)25(30)31)15-33-12-11-27-26(32)34-14-22-19-7-3-1-5-17(19)18-6-2-4-8-20(18)22/h1-8,16,21-23H,9-15H2,(H,27,32)(H,30,31). The van der Waals surface area contributed by atoms with Gasteiger partial charge in [-0.1, -0.05) is 48.5 Å². The predicted molar refractivity (Wildman–Crippen MR) is 123 cm³/mol. The molecule has 0 spiro atoms. The molecule has 8 nitrogen and oxygen atoms in total. The number of carboxylic acid groups (broad SMARTS) is 1. The van der Waals surface area contributed by atoms with Crippen LogP contribution in [-0.2, 0) is 19.1 Å². The van der Waals surface area contributed by atoms with E-state index in [9.17, 15) is 19.5 Å². The second-order valence-corrected chi connectivity index (χ2v) is 9.08. The molecule has 3 unspecified atom stereocenters. The minimum atomic E-state index is -0.835. The molecular formula is C26H28N2O6. The third-order valence-corrected chi connectivity index (χ3v) is 7.23. The number of alkyl carbamates (subject to hydrolysis) is 1. The third-order valence-electron chi connectivity index (χ3n) is 7.23. The number of nitrogens with one attached hydrogen (secondary N) is 1. The summed E-state index contributed by atoms with van der Waals surface area (Å²) < 4.78 is 10.9. The van der Waals surface area contributed by atoms with E-state index in [1.54, 1.807) is 4.90 Å². The zero-order valence-corrected chi connectivity index (χ0v) is 18.8. The molecule has 2 saturated heterocycles. The van der Waals surface area contributed by atoms with Gasteiger partial charge in [-0.25, -0.2) is 4.79 Å². The number of nitrogens with zero attached hydrogens (tertiary/aromatic N) is 1. The Hall–Kier alpha value is -3.39. The zero-order valence-electron chi connectivity index (χ0n) is 18.8. The SMILES string of the molecule is O=C(NCCOCC(=O)N1C2CCC1C(C(=O)O)C2)OCC1c2ccccc2-c2ccccc21. The average Bonchev–Trinajstić information content (AvgIpc) is 3.52. The van der Waals surface area contributed by atoms with Crippen LogP contribution in [0.4, 0.5) is 4.79 Å². The summed E-state index contributed by atoms with van der Waals surface area (Å²) in [4.78, 5) is 37.8. The van der Waals surface area contributed by atoms with Gasteiger partial charge in [-0.15, -0.1) is 0 Å². The second kappa shape index (κ2) is 9.46. The summed E-state index contributed by atoms with van der Waals surface area (Å²) in [7, 11) is 0. The topological polar surface area (TPSA) is 105 Å². The summed E-state index contributed by atoms with van der Waals surface area (Å²) in [5.74, 6) is -1.49. The monoisotopic (exact) mass is 464 g/mol. The summed E-state index contributed by atoms with van der Waals surface area (Å²) in [6.45, 7) is 0.503. The highest BCUT2D eigenvalue weighted by Crippen LogP contribution is 2.44. The summed E-state index contributed by atoms with van der Waals surface area (Å²) in [5, 5.41) is 12.0. The first kappa shape index (κ1) is 22.4. The van der Waals surface area contributed by atoms with E-state index in [1.165, 1.54) is 11.1 Å². The van der Waals surface area contributed by atoms with Crippen LogP contribution in [0, 0.1) is 5.92 Å². The minimum Gasteiger partial charge on any atom is -0.481 e. The normalized spacial score (nSPS) is 22.4. The first-order chi connectivity index (χ1) is 16.5. The Balaban J connectivity index is 1.04. The van der Waals surface area contributed by atoms with E-state index in [2.05, 4.69) is 29.6 Å². The summed E-state index contributed by atoms with van der Waals surface area (Å²) in [6, 6.07) is 16.1. The summed E-state index contributed by atoms with van der Waals surface area (Å²) in [6.07, 6.45) is 1.58. The molecule has 1 aliphatic carbocycles. The molecule has 8 heteroatoms. The molecule has 0 saturated carbocycles. The Morgan fingerprint density at radius 3 is 2.32 bits per heavy atom. The number of carbonyl (C=O) groups excluding carboxylic acids is 2. The molecule has 34 heavy (non-hydrogen) atoms. The molecule has 2 aromatic carbocycles. The number of amides is 2. The van der Waals surface area contributed by atoms with Crippen molar-refractivity contribution in [1.82, 2.24) is 10.2 Å². The van der Waals surface area contributed by atoms with Crippen LogP contribution >= 0.6 is 0 Å². The van der Waals surface area contributed by atoms with Crippen LogP contribution in [0.3, 0.4) is 0 Å². The predicted octanol–water partition coefficient (Wildman–Crippen LogP) is 3.01. The van der Waals surface area contributed by atoms with E-state index in [1.807, 2.05) is 24.3 Å². The fourth-order valence-corrected chi connectivity index (χ4v) is 5.75. The first-order valence-electron chi connectivity index (χ1n) is 11.7. The van der Waals surface area contributed by atoms with Gasteiger partial charge in [-0.3, -0.25) is 9.59 Å². The Bertz CT molecular complexity index is 1060. The molecule has 2 heterocycles. The van der Waals surface area contributed by atoms with Gasteiger partial charge in [0, 0.05) is 24.5 Å². The third kappa shape index (κ3) is 4.14. The average molecular weight is 465 g/mol. The van der Waals surface area contributed by atoms with Gasteiger partial charge in [-0.2, -0.15) is 0 Å². The van der Waals surface area contributed by atoms with Gasteiger partial charge in [0.15, 0.2) is 0 Å².